The van der Waals surface area contributed by atoms with E-state index in [1.54, 1.807) is 12.1 Å². The van der Waals surface area contributed by atoms with Crippen molar-refractivity contribution in [2.45, 2.75) is 19.4 Å². The van der Waals surface area contributed by atoms with E-state index in [2.05, 4.69) is 4.90 Å². The van der Waals surface area contributed by atoms with E-state index < -0.39 is 0 Å². The van der Waals surface area contributed by atoms with Crippen LogP contribution in [0.3, 0.4) is 0 Å². The zero-order valence-corrected chi connectivity index (χ0v) is 10.9. The molecule has 0 radical (unpaired) electrons. The molecule has 1 heterocycles. The van der Waals surface area contributed by atoms with Crippen LogP contribution in [0.15, 0.2) is 18.2 Å². The molecular weight excluding hydrogens is 253 g/mol. The highest BCUT2D eigenvalue weighted by molar-refractivity contribution is 6.30. The number of piperidine rings is 1. The van der Waals surface area contributed by atoms with Crippen molar-refractivity contribution in [3.8, 4) is 0 Å². The third-order valence-electron chi connectivity index (χ3n) is 3.44. The number of nitrogens with two attached hydrogens (primary N) is 1. The fourth-order valence-electron chi connectivity index (χ4n) is 2.29. The van der Waals surface area contributed by atoms with Crippen molar-refractivity contribution >= 4 is 17.4 Å². The molecule has 98 valence electrons. The summed E-state index contributed by atoms with van der Waals surface area (Å²) in [5.74, 6) is 0.208. The fraction of sp³-hybridized carbons (Fsp3) is 0.462. The van der Waals surface area contributed by atoms with E-state index >= 15 is 0 Å². The number of amidine groups is 1. The van der Waals surface area contributed by atoms with Crippen LogP contribution in [-0.2, 0) is 6.54 Å². The molecule has 0 spiro atoms. The van der Waals surface area contributed by atoms with Gasteiger partial charge in [-0.1, -0.05) is 17.7 Å². The van der Waals surface area contributed by atoms with Gasteiger partial charge >= 0.3 is 0 Å². The zero-order chi connectivity index (χ0) is 13.1. The molecule has 1 aliphatic rings. The van der Waals surface area contributed by atoms with E-state index in [1.165, 1.54) is 6.07 Å². The molecule has 0 saturated carbocycles. The summed E-state index contributed by atoms with van der Waals surface area (Å²) in [5.41, 5.74) is 6.16. The van der Waals surface area contributed by atoms with Gasteiger partial charge in [-0.25, -0.2) is 4.39 Å². The smallest absolute Gasteiger partial charge is 0.129 e. The molecule has 1 saturated heterocycles. The molecule has 0 unspecified atom stereocenters. The number of rotatable bonds is 3. The zero-order valence-electron chi connectivity index (χ0n) is 10.1. The average Bonchev–Trinajstić information content (AvgIpc) is 2.33. The van der Waals surface area contributed by atoms with Crippen molar-refractivity contribution in [2.75, 3.05) is 13.1 Å². The first-order valence-electron chi connectivity index (χ1n) is 6.06. The van der Waals surface area contributed by atoms with Crippen LogP contribution in [0.25, 0.3) is 0 Å². The van der Waals surface area contributed by atoms with Crippen molar-refractivity contribution in [3.63, 3.8) is 0 Å². The number of likely N-dealkylation sites (tertiary alicyclic amines) is 1. The van der Waals surface area contributed by atoms with Gasteiger partial charge < -0.3 is 5.73 Å². The summed E-state index contributed by atoms with van der Waals surface area (Å²) < 4.78 is 13.6. The molecule has 0 bridgehead atoms. The molecule has 3 N–H and O–H groups in total. The third kappa shape index (κ3) is 3.21. The Morgan fingerprint density at radius 2 is 2.11 bits per heavy atom. The highest BCUT2D eigenvalue weighted by Crippen LogP contribution is 2.21. The lowest BCUT2D eigenvalue weighted by atomic mass is 9.95. The molecule has 0 amide bonds. The Morgan fingerprint density at radius 3 is 2.67 bits per heavy atom. The van der Waals surface area contributed by atoms with Crippen LogP contribution in [0, 0.1) is 17.1 Å². The Balaban J connectivity index is 1.93. The van der Waals surface area contributed by atoms with Crippen molar-refractivity contribution < 1.29 is 4.39 Å². The minimum Gasteiger partial charge on any atom is -0.387 e. The van der Waals surface area contributed by atoms with Crippen LogP contribution in [0.5, 0.6) is 0 Å². The molecule has 0 atom stereocenters. The van der Waals surface area contributed by atoms with Gasteiger partial charge in [0.1, 0.15) is 5.82 Å². The summed E-state index contributed by atoms with van der Waals surface area (Å²) in [5, 5.41) is 7.84. The molecule has 5 heteroatoms. The second kappa shape index (κ2) is 5.67. The maximum absolute atomic E-state index is 13.6. The Bertz CT molecular complexity index is 442. The first-order valence-corrected chi connectivity index (χ1v) is 6.44. The second-order valence-corrected chi connectivity index (χ2v) is 5.18. The molecule has 2 rings (SSSR count). The van der Waals surface area contributed by atoms with Gasteiger partial charge in [0.15, 0.2) is 0 Å². The highest BCUT2D eigenvalue weighted by atomic mass is 35.5. The first-order chi connectivity index (χ1) is 8.56. The van der Waals surface area contributed by atoms with Crippen molar-refractivity contribution in [2.24, 2.45) is 11.7 Å². The number of hydrogen-bond donors (Lipinski definition) is 2. The number of nitrogens with zero attached hydrogens (tertiary/aromatic N) is 1. The van der Waals surface area contributed by atoms with E-state index in [1.807, 2.05) is 0 Å². The lowest BCUT2D eigenvalue weighted by Crippen LogP contribution is -2.38. The molecule has 1 aromatic rings. The van der Waals surface area contributed by atoms with E-state index in [-0.39, 0.29) is 17.6 Å². The van der Waals surface area contributed by atoms with Crippen LogP contribution >= 0.6 is 11.6 Å². The predicted octanol–water partition coefficient (Wildman–Crippen LogP) is 2.63. The maximum Gasteiger partial charge on any atom is 0.129 e. The lowest BCUT2D eigenvalue weighted by molar-refractivity contribution is 0.199. The lowest BCUT2D eigenvalue weighted by Gasteiger charge is -2.31. The minimum atomic E-state index is -0.254. The SMILES string of the molecule is N=C(N)C1CCN(Cc2ccc(Cl)cc2F)CC1. The van der Waals surface area contributed by atoms with Crippen molar-refractivity contribution in [1.82, 2.24) is 4.90 Å². The Hall–Kier alpha value is -1.13. The van der Waals surface area contributed by atoms with E-state index in [0.29, 0.717) is 17.1 Å². The van der Waals surface area contributed by atoms with Crippen molar-refractivity contribution in [3.05, 3.63) is 34.6 Å². The molecule has 18 heavy (non-hydrogen) atoms. The standard InChI is InChI=1S/C13H17ClFN3/c14-11-2-1-10(12(15)7-11)8-18-5-3-9(4-6-18)13(16)17/h1-2,7,9H,3-6,8H2,(H3,16,17). The van der Waals surface area contributed by atoms with Crippen LogP contribution in [0.4, 0.5) is 4.39 Å². The van der Waals surface area contributed by atoms with Crippen LogP contribution < -0.4 is 5.73 Å². The van der Waals surface area contributed by atoms with Gasteiger partial charge in [0.05, 0.1) is 5.84 Å². The van der Waals surface area contributed by atoms with Gasteiger partial charge in [0.25, 0.3) is 0 Å². The van der Waals surface area contributed by atoms with Crippen LogP contribution in [0.2, 0.25) is 5.02 Å². The summed E-state index contributed by atoms with van der Waals surface area (Å²) in [6.07, 6.45) is 1.76. The number of benzene rings is 1. The highest BCUT2D eigenvalue weighted by Gasteiger charge is 2.21. The van der Waals surface area contributed by atoms with Gasteiger partial charge in [-0.15, -0.1) is 0 Å². The molecule has 3 nitrogen and oxygen atoms in total. The van der Waals surface area contributed by atoms with Gasteiger partial charge in [0.2, 0.25) is 0 Å². The Morgan fingerprint density at radius 1 is 1.44 bits per heavy atom. The predicted molar refractivity (Wildman–Crippen MR) is 71.3 cm³/mol. The van der Waals surface area contributed by atoms with Gasteiger partial charge in [0, 0.05) is 23.0 Å². The monoisotopic (exact) mass is 269 g/mol. The van der Waals surface area contributed by atoms with E-state index in [4.69, 9.17) is 22.7 Å². The van der Waals surface area contributed by atoms with Crippen LogP contribution in [0.1, 0.15) is 18.4 Å². The Kier molecular flexibility index (Phi) is 4.19. The summed E-state index contributed by atoms with van der Waals surface area (Å²) in [4.78, 5) is 2.19. The summed E-state index contributed by atoms with van der Waals surface area (Å²) >= 11 is 5.72. The molecule has 0 aliphatic carbocycles. The summed E-state index contributed by atoms with van der Waals surface area (Å²) in [7, 11) is 0. The number of halogens is 2. The van der Waals surface area contributed by atoms with Crippen molar-refractivity contribution in [1.29, 1.82) is 5.41 Å². The normalized spacial score (nSPS) is 17.9. The fourth-order valence-corrected chi connectivity index (χ4v) is 2.45. The third-order valence-corrected chi connectivity index (χ3v) is 3.67. The second-order valence-electron chi connectivity index (χ2n) is 4.74. The Labute approximate surface area is 111 Å². The summed E-state index contributed by atoms with van der Waals surface area (Å²) in [6, 6.07) is 4.79. The maximum atomic E-state index is 13.6. The quantitative estimate of drug-likeness (QED) is 0.655. The topological polar surface area (TPSA) is 53.1 Å². The van der Waals surface area contributed by atoms with E-state index in [0.717, 1.165) is 25.9 Å². The number of hydrogen-bond acceptors (Lipinski definition) is 2. The van der Waals surface area contributed by atoms with E-state index in [9.17, 15) is 4.39 Å². The van der Waals surface area contributed by atoms with Gasteiger partial charge in [-0.2, -0.15) is 0 Å². The first kappa shape index (κ1) is 13.3. The molecule has 1 aliphatic heterocycles. The van der Waals surface area contributed by atoms with Crippen LogP contribution in [-0.4, -0.2) is 23.8 Å². The molecular formula is C13H17ClFN3. The molecule has 1 aromatic carbocycles. The van der Waals surface area contributed by atoms with Gasteiger partial charge in [-0.3, -0.25) is 10.3 Å². The average molecular weight is 270 g/mol. The molecule has 0 aromatic heterocycles. The minimum absolute atomic E-state index is 0.191. The number of nitrogens with one attached hydrogen (secondary N) is 1. The van der Waals surface area contributed by atoms with Gasteiger partial charge in [-0.05, 0) is 38.1 Å². The summed E-state index contributed by atoms with van der Waals surface area (Å²) in [6.45, 7) is 2.30. The largest absolute Gasteiger partial charge is 0.387 e. The molecule has 1 fully saturated rings.